The Morgan fingerprint density at radius 3 is 2.65 bits per heavy atom. The average molecular weight is 323 g/mol. The summed E-state index contributed by atoms with van der Waals surface area (Å²) < 4.78 is 14.3. The van der Waals surface area contributed by atoms with Gasteiger partial charge in [0.1, 0.15) is 0 Å². The number of nitro benzene ring substituents is 1. The number of amides is 1. The Kier molecular flexibility index (Phi) is 4.99. The third-order valence-corrected chi connectivity index (χ3v) is 4.32. The number of piperidine rings is 1. The first kappa shape index (κ1) is 17.3. The summed E-state index contributed by atoms with van der Waals surface area (Å²) in [5, 5.41) is 11.4. The van der Waals surface area contributed by atoms with Crippen LogP contribution in [0.2, 0.25) is 0 Å². The van der Waals surface area contributed by atoms with Gasteiger partial charge in [0.05, 0.1) is 16.1 Å². The summed E-state index contributed by atoms with van der Waals surface area (Å²) in [7, 11) is 5.11. The topological polar surface area (TPSA) is 66.7 Å². The van der Waals surface area contributed by atoms with Crippen molar-refractivity contribution in [3.05, 3.63) is 38.7 Å². The van der Waals surface area contributed by atoms with E-state index in [9.17, 15) is 19.3 Å². The van der Waals surface area contributed by atoms with E-state index in [1.165, 1.54) is 4.90 Å². The molecule has 1 aromatic rings. The lowest BCUT2D eigenvalue weighted by molar-refractivity contribution is -0.388. The Hall–Kier alpha value is -2.02. The number of benzene rings is 1. The second kappa shape index (κ2) is 6.62. The number of likely N-dealkylation sites (N-methyl/N-ethyl adjacent to an activating group) is 1. The van der Waals surface area contributed by atoms with Crippen molar-refractivity contribution in [1.29, 1.82) is 0 Å². The Balaban J connectivity index is 2.72. The van der Waals surface area contributed by atoms with E-state index in [1.54, 1.807) is 21.0 Å². The zero-order valence-electron chi connectivity index (χ0n) is 13.9. The summed E-state index contributed by atoms with van der Waals surface area (Å²) in [5.41, 5.74) is 0.400. The van der Waals surface area contributed by atoms with Gasteiger partial charge in [-0.15, -0.1) is 0 Å². The number of aryl methyl sites for hydroxylation is 1. The van der Waals surface area contributed by atoms with Crippen molar-refractivity contribution >= 4 is 11.6 Å². The largest absolute Gasteiger partial charge is 0.345 e. The van der Waals surface area contributed by atoms with E-state index in [2.05, 4.69) is 4.90 Å². The van der Waals surface area contributed by atoms with Crippen molar-refractivity contribution in [3.8, 4) is 0 Å². The first-order valence-corrected chi connectivity index (χ1v) is 7.61. The highest BCUT2D eigenvalue weighted by Crippen LogP contribution is 2.39. The quantitative estimate of drug-likeness (QED) is 0.633. The van der Waals surface area contributed by atoms with Crippen molar-refractivity contribution in [1.82, 2.24) is 9.80 Å². The summed E-state index contributed by atoms with van der Waals surface area (Å²) in [6.07, 6.45) is 1.57. The number of carbonyl (C=O) groups is 1. The molecule has 1 amide bonds. The molecule has 0 radical (unpaired) electrons. The second-order valence-electron chi connectivity index (χ2n) is 6.37. The SMILES string of the molecule is Cc1cc(F)c([N+](=O)[O-])c(C2CCCN(C)C2)c1C(=O)N(C)C. The number of hydrogen-bond donors (Lipinski definition) is 0. The molecule has 1 heterocycles. The van der Waals surface area contributed by atoms with Gasteiger partial charge in [0.25, 0.3) is 5.91 Å². The molecule has 1 unspecified atom stereocenters. The Bertz CT molecular complexity index is 646. The van der Waals surface area contributed by atoms with Gasteiger partial charge in [-0.1, -0.05) is 0 Å². The first-order chi connectivity index (χ1) is 10.7. The number of nitro groups is 1. The van der Waals surface area contributed by atoms with Gasteiger partial charge in [-0.05, 0) is 45.0 Å². The minimum absolute atomic E-state index is 0.220. The lowest BCUT2D eigenvalue weighted by Gasteiger charge is -2.31. The molecule has 126 valence electrons. The monoisotopic (exact) mass is 323 g/mol. The highest BCUT2D eigenvalue weighted by Gasteiger charge is 2.35. The predicted molar refractivity (Wildman–Crippen MR) is 85.3 cm³/mol. The van der Waals surface area contributed by atoms with Crippen LogP contribution in [-0.2, 0) is 0 Å². The normalized spacial score (nSPS) is 18.7. The van der Waals surface area contributed by atoms with Crippen molar-refractivity contribution < 1.29 is 14.1 Å². The molecule has 2 rings (SSSR count). The molecule has 1 atom stereocenters. The number of carbonyl (C=O) groups excluding carboxylic acids is 1. The van der Waals surface area contributed by atoms with E-state index < -0.39 is 16.4 Å². The van der Waals surface area contributed by atoms with E-state index in [-0.39, 0.29) is 23.0 Å². The van der Waals surface area contributed by atoms with Gasteiger partial charge in [0.15, 0.2) is 0 Å². The zero-order chi connectivity index (χ0) is 17.3. The van der Waals surface area contributed by atoms with E-state index in [4.69, 9.17) is 0 Å². The Labute approximate surface area is 135 Å². The minimum Gasteiger partial charge on any atom is -0.345 e. The summed E-state index contributed by atoms with van der Waals surface area (Å²) in [6.45, 7) is 3.10. The number of rotatable bonds is 3. The van der Waals surface area contributed by atoms with Crippen LogP contribution in [-0.4, -0.2) is 54.9 Å². The summed E-state index contributed by atoms with van der Waals surface area (Å²) >= 11 is 0. The molecule has 0 aromatic heterocycles. The molecule has 1 aliphatic heterocycles. The van der Waals surface area contributed by atoms with E-state index in [0.29, 0.717) is 18.5 Å². The fourth-order valence-electron chi connectivity index (χ4n) is 3.28. The van der Waals surface area contributed by atoms with Crippen LogP contribution in [0.5, 0.6) is 0 Å². The molecule has 7 heteroatoms. The van der Waals surface area contributed by atoms with Gasteiger partial charge in [-0.2, -0.15) is 4.39 Å². The Morgan fingerprint density at radius 2 is 2.13 bits per heavy atom. The maximum Gasteiger partial charge on any atom is 0.309 e. The predicted octanol–water partition coefficient (Wildman–Crippen LogP) is 2.55. The van der Waals surface area contributed by atoms with Crippen LogP contribution in [0.4, 0.5) is 10.1 Å². The molecule has 23 heavy (non-hydrogen) atoms. The smallest absolute Gasteiger partial charge is 0.309 e. The average Bonchev–Trinajstić information content (AvgIpc) is 2.45. The maximum atomic E-state index is 14.3. The van der Waals surface area contributed by atoms with Crippen molar-refractivity contribution in [3.63, 3.8) is 0 Å². The van der Waals surface area contributed by atoms with Crippen LogP contribution in [0.15, 0.2) is 6.07 Å². The standard InChI is InChI=1S/C16H22FN3O3/c1-10-8-12(17)15(20(22)23)14(13(10)16(21)18(2)3)11-6-5-7-19(4)9-11/h8,11H,5-7,9H2,1-4H3. The van der Waals surface area contributed by atoms with Crippen LogP contribution in [0.25, 0.3) is 0 Å². The highest BCUT2D eigenvalue weighted by atomic mass is 19.1. The van der Waals surface area contributed by atoms with E-state index in [1.807, 2.05) is 7.05 Å². The molecule has 0 N–H and O–H groups in total. The van der Waals surface area contributed by atoms with Gasteiger partial charge in [-0.3, -0.25) is 14.9 Å². The van der Waals surface area contributed by atoms with E-state index >= 15 is 0 Å². The molecule has 1 aliphatic rings. The van der Waals surface area contributed by atoms with Crippen LogP contribution >= 0.6 is 0 Å². The molecule has 0 bridgehead atoms. The van der Waals surface area contributed by atoms with Gasteiger partial charge in [-0.25, -0.2) is 0 Å². The summed E-state index contributed by atoms with van der Waals surface area (Å²) in [5.74, 6) is -1.41. The minimum atomic E-state index is -0.869. The van der Waals surface area contributed by atoms with Gasteiger partial charge in [0, 0.05) is 26.6 Å². The second-order valence-corrected chi connectivity index (χ2v) is 6.37. The molecule has 1 fully saturated rings. The number of likely N-dealkylation sites (tertiary alicyclic amines) is 1. The van der Waals surface area contributed by atoms with Crippen LogP contribution in [0, 0.1) is 22.9 Å². The maximum absolute atomic E-state index is 14.3. The van der Waals surface area contributed by atoms with Crippen molar-refractivity contribution in [2.24, 2.45) is 0 Å². The third-order valence-electron chi connectivity index (χ3n) is 4.32. The highest BCUT2D eigenvalue weighted by molar-refractivity contribution is 5.98. The number of hydrogen-bond acceptors (Lipinski definition) is 4. The van der Waals surface area contributed by atoms with Crippen LogP contribution < -0.4 is 0 Å². The number of nitrogens with zero attached hydrogens (tertiary/aromatic N) is 3. The molecule has 6 nitrogen and oxygen atoms in total. The summed E-state index contributed by atoms with van der Waals surface area (Å²) in [6, 6.07) is 1.09. The van der Waals surface area contributed by atoms with E-state index in [0.717, 1.165) is 19.0 Å². The first-order valence-electron chi connectivity index (χ1n) is 7.61. The molecule has 0 spiro atoms. The van der Waals surface area contributed by atoms with Gasteiger partial charge < -0.3 is 9.80 Å². The van der Waals surface area contributed by atoms with Gasteiger partial charge in [0.2, 0.25) is 5.82 Å². The Morgan fingerprint density at radius 1 is 1.48 bits per heavy atom. The number of halogens is 1. The van der Waals surface area contributed by atoms with Crippen molar-refractivity contribution in [2.75, 3.05) is 34.2 Å². The fourth-order valence-corrected chi connectivity index (χ4v) is 3.28. The van der Waals surface area contributed by atoms with Gasteiger partial charge >= 0.3 is 5.69 Å². The molecular formula is C16H22FN3O3. The molecular weight excluding hydrogens is 301 g/mol. The summed E-state index contributed by atoms with van der Waals surface area (Å²) in [4.78, 5) is 26.7. The lowest BCUT2D eigenvalue weighted by atomic mass is 9.84. The molecule has 1 aromatic carbocycles. The molecule has 1 saturated heterocycles. The molecule has 0 saturated carbocycles. The van der Waals surface area contributed by atoms with Crippen molar-refractivity contribution in [2.45, 2.75) is 25.7 Å². The molecule has 0 aliphatic carbocycles. The van der Waals surface area contributed by atoms with Crippen LogP contribution in [0.3, 0.4) is 0 Å². The zero-order valence-corrected chi connectivity index (χ0v) is 13.9. The lowest BCUT2D eigenvalue weighted by Crippen LogP contribution is -2.33. The fraction of sp³-hybridized carbons (Fsp3) is 0.562. The van der Waals surface area contributed by atoms with Crippen LogP contribution in [0.1, 0.15) is 40.2 Å². The third kappa shape index (κ3) is 3.34.